The highest BCUT2D eigenvalue weighted by Crippen LogP contribution is 2.41. The first-order chi connectivity index (χ1) is 7.03. The van der Waals surface area contributed by atoms with Gasteiger partial charge in [0.15, 0.2) is 5.78 Å². The lowest BCUT2D eigenvalue weighted by Crippen LogP contribution is -2.40. The molecule has 2 aliphatic heterocycles. The van der Waals surface area contributed by atoms with E-state index in [0.29, 0.717) is 25.7 Å². The lowest BCUT2D eigenvalue weighted by Gasteiger charge is -2.30. The van der Waals surface area contributed by atoms with Crippen molar-refractivity contribution < 1.29 is 19.5 Å². The van der Waals surface area contributed by atoms with Crippen LogP contribution in [0, 0.1) is 0 Å². The summed E-state index contributed by atoms with van der Waals surface area (Å²) in [6.45, 7) is 0.179. The second-order valence-electron chi connectivity index (χ2n) is 4.31. The molecule has 1 atom stereocenters. The largest absolute Gasteiger partial charge is 0.481 e. The molecule has 2 saturated heterocycles. The van der Waals surface area contributed by atoms with Gasteiger partial charge in [-0.3, -0.25) is 14.4 Å². The predicted octanol–water partition coefficient (Wildman–Crippen LogP) is 0.185. The average Bonchev–Trinajstić information content (AvgIpc) is 2.62. The van der Waals surface area contributed by atoms with Crippen molar-refractivity contribution in [1.82, 2.24) is 4.90 Å². The number of fused-ring (bicyclic) bond motifs is 1. The van der Waals surface area contributed by atoms with Crippen molar-refractivity contribution in [2.75, 3.05) is 6.54 Å². The van der Waals surface area contributed by atoms with Crippen LogP contribution >= 0.6 is 0 Å². The number of nitrogens with zero attached hydrogens (tertiary/aromatic N) is 1. The van der Waals surface area contributed by atoms with Crippen molar-refractivity contribution in [1.29, 1.82) is 0 Å². The number of hydrogen-bond acceptors (Lipinski definition) is 3. The average molecular weight is 211 g/mol. The molecule has 0 saturated carbocycles. The summed E-state index contributed by atoms with van der Waals surface area (Å²) >= 11 is 0. The van der Waals surface area contributed by atoms with Crippen LogP contribution in [0.2, 0.25) is 0 Å². The molecule has 2 aliphatic rings. The number of carbonyl (C=O) groups is 3. The molecule has 0 aliphatic carbocycles. The van der Waals surface area contributed by atoms with Crippen LogP contribution in [0.15, 0.2) is 0 Å². The van der Waals surface area contributed by atoms with Crippen LogP contribution in [-0.4, -0.2) is 39.7 Å². The Bertz CT molecular complexity index is 338. The Balaban J connectivity index is 2.13. The van der Waals surface area contributed by atoms with Gasteiger partial charge in [-0.2, -0.15) is 0 Å². The molecule has 0 radical (unpaired) electrons. The molecule has 5 nitrogen and oxygen atoms in total. The first-order valence-corrected chi connectivity index (χ1v) is 5.07. The Morgan fingerprint density at radius 2 is 2.20 bits per heavy atom. The highest BCUT2D eigenvalue weighted by molar-refractivity contribution is 5.93. The topological polar surface area (TPSA) is 74.7 Å². The monoisotopic (exact) mass is 211 g/mol. The highest BCUT2D eigenvalue weighted by atomic mass is 16.4. The molecule has 0 aromatic heterocycles. The second kappa shape index (κ2) is 3.32. The fourth-order valence-corrected chi connectivity index (χ4v) is 2.60. The maximum atomic E-state index is 11.5. The van der Waals surface area contributed by atoms with E-state index in [9.17, 15) is 14.4 Å². The minimum absolute atomic E-state index is 0.00811. The van der Waals surface area contributed by atoms with Gasteiger partial charge in [0.1, 0.15) is 0 Å². The van der Waals surface area contributed by atoms with E-state index < -0.39 is 11.5 Å². The summed E-state index contributed by atoms with van der Waals surface area (Å²) in [6.07, 6.45) is 1.85. The van der Waals surface area contributed by atoms with E-state index in [2.05, 4.69) is 0 Å². The van der Waals surface area contributed by atoms with E-state index in [0.717, 1.165) is 0 Å². The second-order valence-corrected chi connectivity index (χ2v) is 4.31. The van der Waals surface area contributed by atoms with Crippen molar-refractivity contribution >= 4 is 17.7 Å². The number of ketones is 1. The van der Waals surface area contributed by atoms with Crippen LogP contribution in [0.4, 0.5) is 0 Å². The fourth-order valence-electron chi connectivity index (χ4n) is 2.60. The van der Waals surface area contributed by atoms with Crippen LogP contribution < -0.4 is 0 Å². The van der Waals surface area contributed by atoms with E-state index in [4.69, 9.17) is 5.11 Å². The van der Waals surface area contributed by atoms with Crippen LogP contribution in [0.25, 0.3) is 0 Å². The Kier molecular flexibility index (Phi) is 2.25. The summed E-state index contributed by atoms with van der Waals surface area (Å²) in [4.78, 5) is 34.9. The van der Waals surface area contributed by atoms with E-state index in [-0.39, 0.29) is 24.7 Å². The molecule has 2 fully saturated rings. The van der Waals surface area contributed by atoms with Crippen molar-refractivity contribution in [3.8, 4) is 0 Å². The third kappa shape index (κ3) is 1.62. The molecule has 15 heavy (non-hydrogen) atoms. The van der Waals surface area contributed by atoms with Crippen molar-refractivity contribution in [3.63, 3.8) is 0 Å². The maximum Gasteiger partial charge on any atom is 0.303 e. The highest BCUT2D eigenvalue weighted by Gasteiger charge is 2.51. The number of carboxylic acid groups (broad SMARTS) is 1. The molecule has 82 valence electrons. The third-order valence-corrected chi connectivity index (χ3v) is 3.34. The van der Waals surface area contributed by atoms with Gasteiger partial charge in [0.25, 0.3) is 0 Å². The summed E-state index contributed by atoms with van der Waals surface area (Å²) in [5, 5.41) is 8.63. The molecular formula is C10H13NO4. The van der Waals surface area contributed by atoms with Gasteiger partial charge in [0.05, 0.1) is 12.1 Å². The number of carbonyl (C=O) groups excluding carboxylic acids is 2. The minimum Gasteiger partial charge on any atom is -0.481 e. The molecule has 0 bridgehead atoms. The molecule has 1 N–H and O–H groups in total. The molecule has 2 rings (SSSR count). The van der Waals surface area contributed by atoms with Crippen molar-refractivity contribution in [2.45, 2.75) is 37.6 Å². The molecule has 1 amide bonds. The maximum absolute atomic E-state index is 11.5. The van der Waals surface area contributed by atoms with Gasteiger partial charge in [-0.15, -0.1) is 0 Å². The van der Waals surface area contributed by atoms with Gasteiger partial charge in [-0.1, -0.05) is 0 Å². The van der Waals surface area contributed by atoms with Gasteiger partial charge < -0.3 is 10.0 Å². The van der Waals surface area contributed by atoms with Gasteiger partial charge in [-0.25, -0.2) is 0 Å². The number of carboxylic acids is 1. The minimum atomic E-state index is -0.872. The van der Waals surface area contributed by atoms with Crippen molar-refractivity contribution in [3.05, 3.63) is 0 Å². The van der Waals surface area contributed by atoms with E-state index in [1.807, 2.05) is 0 Å². The normalized spacial score (nSPS) is 29.7. The Hall–Kier alpha value is -1.39. The zero-order valence-corrected chi connectivity index (χ0v) is 8.36. The summed E-state index contributed by atoms with van der Waals surface area (Å²) in [5.74, 6) is -0.831. The van der Waals surface area contributed by atoms with Gasteiger partial charge in [0.2, 0.25) is 5.91 Å². The number of aliphatic carboxylic acids is 1. The van der Waals surface area contributed by atoms with Gasteiger partial charge >= 0.3 is 5.97 Å². The zero-order valence-electron chi connectivity index (χ0n) is 8.36. The molecule has 0 spiro atoms. The molecular weight excluding hydrogens is 198 g/mol. The molecule has 2 heterocycles. The lowest BCUT2D eigenvalue weighted by molar-refractivity contribution is -0.138. The number of amides is 1. The smallest absolute Gasteiger partial charge is 0.303 e. The number of Topliss-reactive ketones (excluding diaryl/α,β-unsaturated/α-hetero) is 1. The van der Waals surface area contributed by atoms with Crippen LogP contribution in [0.3, 0.4) is 0 Å². The molecule has 1 unspecified atom stereocenters. The van der Waals surface area contributed by atoms with Gasteiger partial charge in [0, 0.05) is 19.3 Å². The lowest BCUT2D eigenvalue weighted by atomic mass is 9.88. The quantitative estimate of drug-likeness (QED) is 0.722. The summed E-state index contributed by atoms with van der Waals surface area (Å²) in [7, 11) is 0. The Morgan fingerprint density at radius 3 is 2.87 bits per heavy atom. The zero-order chi connectivity index (χ0) is 11.1. The fraction of sp³-hybridized carbons (Fsp3) is 0.700. The first-order valence-electron chi connectivity index (χ1n) is 5.07. The molecule has 0 aromatic carbocycles. The Morgan fingerprint density at radius 1 is 1.47 bits per heavy atom. The molecule has 0 aromatic rings. The van der Waals surface area contributed by atoms with Crippen LogP contribution in [0.5, 0.6) is 0 Å². The summed E-state index contributed by atoms with van der Waals surface area (Å²) in [5.41, 5.74) is -0.466. The first kappa shape index (κ1) is 10.1. The van der Waals surface area contributed by atoms with Gasteiger partial charge in [-0.05, 0) is 12.8 Å². The van der Waals surface area contributed by atoms with E-state index in [1.165, 1.54) is 0 Å². The number of hydrogen-bond donors (Lipinski definition) is 1. The molecule has 5 heteroatoms. The van der Waals surface area contributed by atoms with Crippen LogP contribution in [0.1, 0.15) is 32.1 Å². The SMILES string of the molecule is O=C(O)CCC12CCC(=O)N1CC(=O)C2. The standard InChI is InChI=1S/C10H13NO4/c12-7-5-10(4-2-9(14)15)3-1-8(13)11(10)6-7/h1-6H2,(H,14,15). The number of rotatable bonds is 3. The van der Waals surface area contributed by atoms with Crippen molar-refractivity contribution in [2.24, 2.45) is 0 Å². The van der Waals surface area contributed by atoms with E-state index >= 15 is 0 Å². The van der Waals surface area contributed by atoms with E-state index in [1.54, 1.807) is 4.90 Å². The summed E-state index contributed by atoms with van der Waals surface area (Å²) < 4.78 is 0. The third-order valence-electron chi connectivity index (χ3n) is 3.34. The Labute approximate surface area is 87.1 Å². The van der Waals surface area contributed by atoms with Crippen LogP contribution in [-0.2, 0) is 14.4 Å². The predicted molar refractivity (Wildman–Crippen MR) is 50.2 cm³/mol. The summed E-state index contributed by atoms with van der Waals surface area (Å²) in [6, 6.07) is 0.